The Kier molecular flexibility index (Phi) is 3.46. The van der Waals surface area contributed by atoms with Crippen LogP contribution in [-0.4, -0.2) is 5.91 Å². The van der Waals surface area contributed by atoms with Crippen LogP contribution in [0.15, 0.2) is 30.3 Å². The van der Waals surface area contributed by atoms with E-state index in [1.54, 1.807) is 0 Å². The maximum absolute atomic E-state index is 11.1. The predicted molar refractivity (Wildman–Crippen MR) is 57.8 cm³/mol. The zero-order valence-corrected chi connectivity index (χ0v) is 8.95. The highest BCUT2D eigenvalue weighted by molar-refractivity contribution is 5.74. The monoisotopic (exact) mass is 202 g/mol. The number of nitrogens with zero attached hydrogens (tertiary/aromatic N) is 1. The highest BCUT2D eigenvalue weighted by Gasteiger charge is 2.30. The van der Waals surface area contributed by atoms with Crippen LogP contribution in [0.3, 0.4) is 0 Å². The Hall–Kier alpha value is -1.82. The quantitative estimate of drug-likeness (QED) is 0.814. The zero-order valence-electron chi connectivity index (χ0n) is 8.95. The van der Waals surface area contributed by atoms with Gasteiger partial charge in [0.1, 0.15) is 0 Å². The molecule has 0 aliphatic carbocycles. The van der Waals surface area contributed by atoms with E-state index in [9.17, 15) is 10.1 Å². The van der Waals surface area contributed by atoms with E-state index in [0.717, 1.165) is 5.56 Å². The number of hydrogen-bond donors (Lipinski definition) is 1. The lowest BCUT2D eigenvalue weighted by Gasteiger charge is -2.26. The van der Waals surface area contributed by atoms with Crippen LogP contribution in [0.4, 0.5) is 0 Å². The molecule has 1 atom stereocenters. The number of benzene rings is 1. The molecule has 78 valence electrons. The van der Waals surface area contributed by atoms with Gasteiger partial charge in [-0.3, -0.25) is 4.79 Å². The first kappa shape index (κ1) is 11.3. The average Bonchev–Trinajstić information content (AvgIpc) is 2.27. The molecule has 0 heterocycles. The fourth-order valence-electron chi connectivity index (χ4n) is 1.56. The van der Waals surface area contributed by atoms with E-state index in [-0.39, 0.29) is 5.91 Å². The molecule has 0 aliphatic heterocycles. The van der Waals surface area contributed by atoms with Crippen LogP contribution in [0.5, 0.6) is 0 Å². The van der Waals surface area contributed by atoms with Crippen molar-refractivity contribution in [2.24, 2.45) is 0 Å². The van der Waals surface area contributed by atoms with Crippen molar-refractivity contribution in [1.82, 2.24) is 5.32 Å². The molecule has 0 spiro atoms. The summed E-state index contributed by atoms with van der Waals surface area (Å²) < 4.78 is 0. The molecule has 1 aromatic rings. The maximum atomic E-state index is 11.1. The lowest BCUT2D eigenvalue weighted by Crippen LogP contribution is -2.43. The standard InChI is InChI=1S/C12H14N2O/c1-3-12(9-13,14-10(2)15)11-7-5-4-6-8-11/h4-8H,3H2,1-2H3,(H,14,15). The van der Waals surface area contributed by atoms with Crippen LogP contribution in [0.2, 0.25) is 0 Å². The second-order valence-electron chi connectivity index (χ2n) is 3.42. The van der Waals surface area contributed by atoms with Crippen molar-refractivity contribution in [3.63, 3.8) is 0 Å². The molecule has 0 bridgehead atoms. The number of rotatable bonds is 3. The van der Waals surface area contributed by atoms with Crippen molar-refractivity contribution in [3.8, 4) is 6.07 Å². The van der Waals surface area contributed by atoms with Crippen molar-refractivity contribution in [2.75, 3.05) is 0 Å². The third-order valence-electron chi connectivity index (χ3n) is 2.38. The molecule has 0 saturated carbocycles. The lowest BCUT2D eigenvalue weighted by molar-refractivity contribution is -0.120. The van der Waals surface area contributed by atoms with Gasteiger partial charge in [0.2, 0.25) is 5.91 Å². The van der Waals surface area contributed by atoms with Gasteiger partial charge < -0.3 is 5.32 Å². The van der Waals surface area contributed by atoms with Gasteiger partial charge in [-0.05, 0) is 12.0 Å². The first-order valence-electron chi connectivity index (χ1n) is 4.90. The highest BCUT2D eigenvalue weighted by Crippen LogP contribution is 2.23. The second-order valence-corrected chi connectivity index (χ2v) is 3.42. The van der Waals surface area contributed by atoms with Crippen LogP contribution in [0.1, 0.15) is 25.8 Å². The molecule has 3 nitrogen and oxygen atoms in total. The molecule has 0 fully saturated rings. The minimum atomic E-state index is -0.896. The molecule has 0 saturated heterocycles. The van der Waals surface area contributed by atoms with Crippen LogP contribution >= 0.6 is 0 Å². The van der Waals surface area contributed by atoms with E-state index in [4.69, 9.17) is 0 Å². The SMILES string of the molecule is CCC(C#N)(NC(C)=O)c1ccccc1. The van der Waals surface area contributed by atoms with E-state index in [1.807, 2.05) is 37.3 Å². The summed E-state index contributed by atoms with van der Waals surface area (Å²) in [6.07, 6.45) is 0.549. The van der Waals surface area contributed by atoms with Crippen LogP contribution in [0.25, 0.3) is 0 Å². The Balaban J connectivity index is 3.13. The Bertz CT molecular complexity index is 380. The first-order valence-corrected chi connectivity index (χ1v) is 4.90. The van der Waals surface area contributed by atoms with Crippen molar-refractivity contribution >= 4 is 5.91 Å². The summed E-state index contributed by atoms with van der Waals surface area (Å²) in [5.74, 6) is -0.192. The molecule has 0 radical (unpaired) electrons. The van der Waals surface area contributed by atoms with Gasteiger partial charge in [0.15, 0.2) is 5.54 Å². The Morgan fingerprint density at radius 2 is 2.07 bits per heavy atom. The largest absolute Gasteiger partial charge is 0.334 e. The van der Waals surface area contributed by atoms with Crippen molar-refractivity contribution in [2.45, 2.75) is 25.8 Å². The molecule has 0 aliphatic rings. The molecule has 1 rings (SSSR count). The van der Waals surface area contributed by atoms with E-state index < -0.39 is 5.54 Å². The third kappa shape index (κ3) is 2.35. The smallest absolute Gasteiger partial charge is 0.218 e. The highest BCUT2D eigenvalue weighted by atomic mass is 16.1. The van der Waals surface area contributed by atoms with E-state index in [0.29, 0.717) is 6.42 Å². The number of carbonyl (C=O) groups excluding carboxylic acids is 1. The van der Waals surface area contributed by atoms with Gasteiger partial charge in [0.25, 0.3) is 0 Å². The van der Waals surface area contributed by atoms with Gasteiger partial charge in [0, 0.05) is 6.92 Å². The summed E-state index contributed by atoms with van der Waals surface area (Å²) in [6, 6.07) is 11.5. The fourth-order valence-corrected chi connectivity index (χ4v) is 1.56. The van der Waals surface area contributed by atoms with Crippen LogP contribution in [-0.2, 0) is 10.3 Å². The van der Waals surface area contributed by atoms with Crippen LogP contribution < -0.4 is 5.32 Å². The van der Waals surface area contributed by atoms with Gasteiger partial charge in [-0.1, -0.05) is 37.3 Å². The molecule has 1 aromatic carbocycles. The van der Waals surface area contributed by atoms with Gasteiger partial charge in [-0.15, -0.1) is 0 Å². The lowest BCUT2D eigenvalue weighted by atomic mass is 9.88. The van der Waals surface area contributed by atoms with E-state index in [2.05, 4.69) is 11.4 Å². The van der Waals surface area contributed by atoms with Gasteiger partial charge >= 0.3 is 0 Å². The molecule has 1 N–H and O–H groups in total. The molecular weight excluding hydrogens is 188 g/mol. The molecule has 3 heteroatoms. The minimum Gasteiger partial charge on any atom is -0.334 e. The van der Waals surface area contributed by atoms with E-state index in [1.165, 1.54) is 6.92 Å². The molecule has 0 aromatic heterocycles. The number of hydrogen-bond acceptors (Lipinski definition) is 2. The third-order valence-corrected chi connectivity index (χ3v) is 2.38. The summed E-state index contributed by atoms with van der Waals surface area (Å²) in [7, 11) is 0. The predicted octanol–water partition coefficient (Wildman–Crippen LogP) is 1.95. The summed E-state index contributed by atoms with van der Waals surface area (Å²) >= 11 is 0. The van der Waals surface area contributed by atoms with Gasteiger partial charge in [-0.25, -0.2) is 0 Å². The Morgan fingerprint density at radius 1 is 1.47 bits per heavy atom. The molecule has 1 unspecified atom stereocenters. The Labute approximate surface area is 89.7 Å². The molecule has 15 heavy (non-hydrogen) atoms. The maximum Gasteiger partial charge on any atom is 0.218 e. The zero-order chi connectivity index (χ0) is 11.3. The molecule has 1 amide bonds. The number of nitriles is 1. The first-order chi connectivity index (χ1) is 7.14. The van der Waals surface area contributed by atoms with Crippen molar-refractivity contribution < 1.29 is 4.79 Å². The number of carbonyl (C=O) groups is 1. The molecular formula is C12H14N2O. The van der Waals surface area contributed by atoms with Gasteiger partial charge in [-0.2, -0.15) is 5.26 Å². The summed E-state index contributed by atoms with van der Waals surface area (Å²) in [6.45, 7) is 3.30. The number of nitrogens with one attached hydrogen (secondary N) is 1. The fraction of sp³-hybridized carbons (Fsp3) is 0.333. The van der Waals surface area contributed by atoms with Gasteiger partial charge in [0.05, 0.1) is 6.07 Å². The van der Waals surface area contributed by atoms with Crippen molar-refractivity contribution in [1.29, 1.82) is 5.26 Å². The average molecular weight is 202 g/mol. The van der Waals surface area contributed by atoms with Crippen LogP contribution in [0, 0.1) is 11.3 Å². The summed E-state index contributed by atoms with van der Waals surface area (Å²) in [4.78, 5) is 11.1. The topological polar surface area (TPSA) is 52.9 Å². The van der Waals surface area contributed by atoms with Crippen molar-refractivity contribution in [3.05, 3.63) is 35.9 Å². The second kappa shape index (κ2) is 4.61. The summed E-state index contributed by atoms with van der Waals surface area (Å²) in [5, 5.41) is 11.9. The van der Waals surface area contributed by atoms with E-state index >= 15 is 0 Å². The number of amides is 1. The Morgan fingerprint density at radius 3 is 2.47 bits per heavy atom. The summed E-state index contributed by atoms with van der Waals surface area (Å²) in [5.41, 5.74) is -0.0715. The normalized spacial score (nSPS) is 13.7. The minimum absolute atomic E-state index is 0.192.